The molecule has 33 heavy (non-hydrogen) atoms. The number of amides is 2. The van der Waals surface area contributed by atoms with Gasteiger partial charge in [-0.05, 0) is 72.0 Å². The van der Waals surface area contributed by atoms with E-state index in [-0.39, 0.29) is 11.8 Å². The second-order valence-electron chi connectivity index (χ2n) is 8.31. The molecule has 1 aliphatic heterocycles. The van der Waals surface area contributed by atoms with Crippen molar-refractivity contribution in [3.63, 3.8) is 0 Å². The maximum absolute atomic E-state index is 13.6. The highest BCUT2D eigenvalue weighted by Crippen LogP contribution is 2.31. The molecular weight excluding hydrogens is 408 g/mol. The molecule has 0 radical (unpaired) electrons. The summed E-state index contributed by atoms with van der Waals surface area (Å²) in [6, 6.07) is 30.9. The van der Waals surface area contributed by atoms with E-state index in [2.05, 4.69) is 23.5 Å². The predicted molar refractivity (Wildman–Crippen MR) is 132 cm³/mol. The smallest absolute Gasteiger partial charge is 0.258 e. The highest BCUT2D eigenvalue weighted by atomic mass is 16.2. The van der Waals surface area contributed by atoms with Gasteiger partial charge in [-0.15, -0.1) is 0 Å². The summed E-state index contributed by atoms with van der Waals surface area (Å²) in [5, 5.41) is 2.94. The number of nitrogens with zero attached hydrogens (tertiary/aromatic N) is 1. The monoisotopic (exact) mass is 432 g/mol. The van der Waals surface area contributed by atoms with Gasteiger partial charge in [0.05, 0.1) is 6.54 Å². The average molecular weight is 433 g/mol. The fourth-order valence-electron chi connectivity index (χ4n) is 4.28. The van der Waals surface area contributed by atoms with Crippen molar-refractivity contribution < 1.29 is 9.59 Å². The lowest BCUT2D eigenvalue weighted by Gasteiger charge is -2.23. The molecule has 0 aliphatic carbocycles. The Morgan fingerprint density at radius 3 is 2.06 bits per heavy atom. The standard InChI is InChI=1S/C29H24N2O2/c1-20-8-2-6-12-26(20)30-28(32)21-14-16-22(17-15-21)29(33)31-19-25-11-4-3-9-23(25)18-24-10-5-7-13-27(24)31/h2-17H,18-19H2,1H3,(H,30,32). The molecule has 0 unspecified atom stereocenters. The highest BCUT2D eigenvalue weighted by Gasteiger charge is 2.24. The number of hydrogen-bond acceptors (Lipinski definition) is 2. The van der Waals surface area contributed by atoms with Gasteiger partial charge in [0.15, 0.2) is 0 Å². The van der Waals surface area contributed by atoms with Crippen molar-refractivity contribution in [2.75, 3.05) is 10.2 Å². The van der Waals surface area contributed by atoms with Crippen LogP contribution in [0.25, 0.3) is 0 Å². The van der Waals surface area contributed by atoms with Crippen molar-refractivity contribution in [3.8, 4) is 0 Å². The number of para-hydroxylation sites is 2. The zero-order chi connectivity index (χ0) is 22.8. The van der Waals surface area contributed by atoms with E-state index in [1.165, 1.54) is 5.56 Å². The fourth-order valence-corrected chi connectivity index (χ4v) is 4.28. The molecule has 0 saturated heterocycles. The lowest BCUT2D eigenvalue weighted by molar-refractivity contribution is 0.0982. The van der Waals surface area contributed by atoms with E-state index >= 15 is 0 Å². The van der Waals surface area contributed by atoms with Crippen LogP contribution in [-0.2, 0) is 13.0 Å². The van der Waals surface area contributed by atoms with Crippen molar-refractivity contribution in [1.29, 1.82) is 0 Å². The topological polar surface area (TPSA) is 49.4 Å². The molecule has 4 aromatic carbocycles. The first-order valence-corrected chi connectivity index (χ1v) is 11.0. The van der Waals surface area contributed by atoms with Gasteiger partial charge in [0.2, 0.25) is 0 Å². The molecule has 4 heteroatoms. The second-order valence-corrected chi connectivity index (χ2v) is 8.31. The summed E-state index contributed by atoms with van der Waals surface area (Å²) >= 11 is 0. The number of rotatable bonds is 3. The lowest BCUT2D eigenvalue weighted by atomic mass is 10.0. The van der Waals surface area contributed by atoms with Crippen LogP contribution in [0.15, 0.2) is 97.1 Å². The summed E-state index contributed by atoms with van der Waals surface area (Å²) in [5.74, 6) is -0.276. The Bertz CT molecular complexity index is 1340. The van der Waals surface area contributed by atoms with Crippen molar-refractivity contribution >= 4 is 23.2 Å². The number of carbonyl (C=O) groups is 2. The summed E-state index contributed by atoms with van der Waals surface area (Å²) in [6.07, 6.45) is 0.800. The summed E-state index contributed by atoms with van der Waals surface area (Å²) < 4.78 is 0. The van der Waals surface area contributed by atoms with Crippen molar-refractivity contribution in [2.45, 2.75) is 19.9 Å². The van der Waals surface area contributed by atoms with E-state index in [9.17, 15) is 9.59 Å². The molecule has 162 valence electrons. The van der Waals surface area contributed by atoms with Gasteiger partial charge in [-0.3, -0.25) is 9.59 Å². The first-order valence-electron chi connectivity index (χ1n) is 11.0. The van der Waals surface area contributed by atoms with E-state index in [0.717, 1.165) is 34.5 Å². The van der Waals surface area contributed by atoms with Crippen LogP contribution in [-0.4, -0.2) is 11.8 Å². The van der Waals surface area contributed by atoms with Gasteiger partial charge in [0.1, 0.15) is 0 Å². The third-order valence-electron chi connectivity index (χ3n) is 6.14. The van der Waals surface area contributed by atoms with Gasteiger partial charge in [0, 0.05) is 22.5 Å². The zero-order valence-electron chi connectivity index (χ0n) is 18.4. The minimum absolute atomic E-state index is 0.0787. The van der Waals surface area contributed by atoms with Gasteiger partial charge in [-0.1, -0.05) is 60.7 Å². The van der Waals surface area contributed by atoms with Crippen molar-refractivity contribution in [2.24, 2.45) is 0 Å². The maximum Gasteiger partial charge on any atom is 0.258 e. The average Bonchev–Trinajstić information content (AvgIpc) is 3.02. The number of hydrogen-bond donors (Lipinski definition) is 1. The third-order valence-corrected chi connectivity index (χ3v) is 6.14. The number of anilines is 2. The Labute approximate surface area is 193 Å². The molecule has 5 rings (SSSR count). The van der Waals surface area contributed by atoms with Crippen molar-refractivity contribution in [3.05, 3.63) is 130 Å². The fraction of sp³-hybridized carbons (Fsp3) is 0.103. The molecular formula is C29H24N2O2. The summed E-state index contributed by atoms with van der Waals surface area (Å²) in [5.41, 5.74) is 7.29. The Morgan fingerprint density at radius 1 is 0.697 bits per heavy atom. The number of carbonyl (C=O) groups excluding carboxylic acids is 2. The molecule has 0 saturated carbocycles. The minimum atomic E-state index is -0.197. The molecule has 0 atom stereocenters. The van der Waals surface area contributed by atoms with Crippen LogP contribution in [0.5, 0.6) is 0 Å². The van der Waals surface area contributed by atoms with E-state index < -0.39 is 0 Å². The second kappa shape index (κ2) is 8.75. The highest BCUT2D eigenvalue weighted by molar-refractivity contribution is 6.08. The minimum Gasteiger partial charge on any atom is -0.322 e. The largest absolute Gasteiger partial charge is 0.322 e. The summed E-state index contributed by atoms with van der Waals surface area (Å²) in [6.45, 7) is 2.47. The van der Waals surface area contributed by atoms with Crippen LogP contribution in [0.3, 0.4) is 0 Å². The molecule has 2 amide bonds. The van der Waals surface area contributed by atoms with Gasteiger partial charge in [-0.25, -0.2) is 0 Å². The van der Waals surface area contributed by atoms with Crippen LogP contribution >= 0.6 is 0 Å². The molecule has 0 spiro atoms. The van der Waals surface area contributed by atoms with Crippen LogP contribution in [0.1, 0.15) is 43.0 Å². The number of fused-ring (bicyclic) bond motifs is 2. The Morgan fingerprint density at radius 2 is 1.30 bits per heavy atom. The molecule has 0 fully saturated rings. The van der Waals surface area contributed by atoms with Gasteiger partial charge in [0.25, 0.3) is 11.8 Å². The van der Waals surface area contributed by atoms with Crippen LogP contribution in [0.4, 0.5) is 11.4 Å². The zero-order valence-corrected chi connectivity index (χ0v) is 18.4. The Kier molecular flexibility index (Phi) is 5.49. The number of benzene rings is 4. The Hall–Kier alpha value is -4.18. The maximum atomic E-state index is 13.6. The molecule has 1 aliphatic rings. The third kappa shape index (κ3) is 4.15. The Balaban J connectivity index is 1.41. The number of nitrogens with one attached hydrogen (secondary N) is 1. The van der Waals surface area contributed by atoms with Gasteiger partial charge < -0.3 is 10.2 Å². The molecule has 0 bridgehead atoms. The summed E-state index contributed by atoms with van der Waals surface area (Å²) in [7, 11) is 0. The van der Waals surface area contributed by atoms with Crippen LogP contribution in [0, 0.1) is 6.92 Å². The van der Waals surface area contributed by atoms with E-state index in [1.807, 2.05) is 66.4 Å². The first-order chi connectivity index (χ1) is 16.1. The van der Waals surface area contributed by atoms with Gasteiger partial charge in [-0.2, -0.15) is 0 Å². The summed E-state index contributed by atoms with van der Waals surface area (Å²) in [4.78, 5) is 28.1. The molecule has 4 nitrogen and oxygen atoms in total. The lowest BCUT2D eigenvalue weighted by Crippen LogP contribution is -2.30. The predicted octanol–water partition coefficient (Wildman–Crippen LogP) is 6.00. The van der Waals surface area contributed by atoms with E-state index in [1.54, 1.807) is 24.3 Å². The molecule has 0 aromatic heterocycles. The van der Waals surface area contributed by atoms with Crippen molar-refractivity contribution in [1.82, 2.24) is 0 Å². The van der Waals surface area contributed by atoms with Crippen LogP contribution in [0.2, 0.25) is 0 Å². The van der Waals surface area contributed by atoms with E-state index in [4.69, 9.17) is 0 Å². The quantitative estimate of drug-likeness (QED) is 0.432. The number of aryl methyl sites for hydroxylation is 1. The van der Waals surface area contributed by atoms with Gasteiger partial charge >= 0.3 is 0 Å². The molecule has 1 N–H and O–H groups in total. The molecule has 4 aromatic rings. The van der Waals surface area contributed by atoms with Crippen LogP contribution < -0.4 is 10.2 Å². The van der Waals surface area contributed by atoms with E-state index in [0.29, 0.717) is 17.7 Å². The first kappa shape index (κ1) is 20.7. The SMILES string of the molecule is Cc1ccccc1NC(=O)c1ccc(C(=O)N2Cc3ccccc3Cc3ccccc32)cc1. The normalized spacial score (nSPS) is 12.3. The molecule has 1 heterocycles.